The van der Waals surface area contributed by atoms with Gasteiger partial charge in [-0.2, -0.15) is 0 Å². The minimum absolute atomic E-state index is 0.194. The Bertz CT molecular complexity index is 834. The van der Waals surface area contributed by atoms with Gasteiger partial charge < -0.3 is 5.32 Å². The summed E-state index contributed by atoms with van der Waals surface area (Å²) in [7, 11) is 0. The Labute approximate surface area is 130 Å². The molecule has 1 amide bonds. The van der Waals surface area contributed by atoms with Crippen molar-refractivity contribution in [3.05, 3.63) is 78.0 Å². The van der Waals surface area contributed by atoms with Crippen molar-refractivity contribution in [3.8, 4) is 5.82 Å². The molecule has 23 heavy (non-hydrogen) atoms. The Morgan fingerprint density at radius 1 is 1.17 bits per heavy atom. The summed E-state index contributed by atoms with van der Waals surface area (Å²) in [4.78, 5) is 20.1. The zero-order valence-electron chi connectivity index (χ0n) is 11.9. The number of hydrogen-bond donors (Lipinski definition) is 1. The van der Waals surface area contributed by atoms with Gasteiger partial charge in [0.25, 0.3) is 5.91 Å². The molecule has 2 aromatic heterocycles. The maximum absolute atomic E-state index is 13.6. The summed E-state index contributed by atoms with van der Waals surface area (Å²) in [6.45, 7) is 0.194. The number of imidazole rings is 1. The molecular weight excluding hydrogens is 302 g/mol. The number of carbonyl (C=O) groups excluding carboxylic acids is 1. The van der Waals surface area contributed by atoms with Crippen LogP contribution in [0.25, 0.3) is 5.82 Å². The van der Waals surface area contributed by atoms with E-state index in [0.717, 1.165) is 17.7 Å². The van der Waals surface area contributed by atoms with Crippen LogP contribution < -0.4 is 5.32 Å². The predicted molar refractivity (Wildman–Crippen MR) is 78.9 cm³/mol. The van der Waals surface area contributed by atoms with Crippen LogP contribution in [0.4, 0.5) is 8.78 Å². The molecule has 1 aromatic carbocycles. The second-order valence-corrected chi connectivity index (χ2v) is 4.80. The number of benzene rings is 1. The third kappa shape index (κ3) is 3.39. The SMILES string of the molecule is O=C(NCc1ccnc(-n2ccnc2)c1)c1ccc(F)cc1F. The molecule has 3 rings (SSSR count). The monoisotopic (exact) mass is 314 g/mol. The van der Waals surface area contributed by atoms with Crippen LogP contribution in [0, 0.1) is 11.6 Å². The van der Waals surface area contributed by atoms with Gasteiger partial charge in [0.05, 0.1) is 5.56 Å². The molecule has 0 radical (unpaired) electrons. The van der Waals surface area contributed by atoms with E-state index in [1.165, 1.54) is 0 Å². The average Bonchev–Trinajstić information content (AvgIpc) is 3.07. The fourth-order valence-corrected chi connectivity index (χ4v) is 2.06. The standard InChI is InChI=1S/C16H12F2N4O/c17-12-1-2-13(14(18)8-12)16(23)21-9-11-3-4-20-15(7-11)22-6-5-19-10-22/h1-8,10H,9H2,(H,21,23). The van der Waals surface area contributed by atoms with E-state index < -0.39 is 17.5 Å². The number of amides is 1. The highest BCUT2D eigenvalue weighted by atomic mass is 19.1. The van der Waals surface area contributed by atoms with E-state index in [1.807, 2.05) is 0 Å². The lowest BCUT2D eigenvalue weighted by Crippen LogP contribution is -2.24. The third-order valence-corrected chi connectivity index (χ3v) is 3.21. The highest BCUT2D eigenvalue weighted by Crippen LogP contribution is 2.10. The second kappa shape index (κ2) is 6.35. The molecule has 0 aliphatic rings. The van der Waals surface area contributed by atoms with Crippen LogP contribution in [0.15, 0.2) is 55.2 Å². The van der Waals surface area contributed by atoms with Gasteiger partial charge in [-0.25, -0.2) is 18.7 Å². The molecule has 0 aliphatic heterocycles. The van der Waals surface area contributed by atoms with Gasteiger partial charge in [0.2, 0.25) is 0 Å². The molecule has 0 bridgehead atoms. The largest absolute Gasteiger partial charge is 0.348 e. The minimum atomic E-state index is -0.892. The van der Waals surface area contributed by atoms with Crippen molar-refractivity contribution < 1.29 is 13.6 Å². The molecule has 116 valence electrons. The summed E-state index contributed by atoms with van der Waals surface area (Å²) in [5, 5.41) is 2.59. The van der Waals surface area contributed by atoms with E-state index in [1.54, 1.807) is 41.6 Å². The average molecular weight is 314 g/mol. The third-order valence-electron chi connectivity index (χ3n) is 3.21. The van der Waals surface area contributed by atoms with E-state index in [0.29, 0.717) is 11.9 Å². The number of pyridine rings is 1. The van der Waals surface area contributed by atoms with Gasteiger partial charge in [0.15, 0.2) is 0 Å². The molecule has 0 unspecified atom stereocenters. The predicted octanol–water partition coefficient (Wildman–Crippen LogP) is 2.48. The van der Waals surface area contributed by atoms with Crippen molar-refractivity contribution in [2.24, 2.45) is 0 Å². The van der Waals surface area contributed by atoms with Gasteiger partial charge in [0.1, 0.15) is 23.8 Å². The van der Waals surface area contributed by atoms with Crippen molar-refractivity contribution in [1.82, 2.24) is 19.9 Å². The number of nitrogens with zero attached hydrogens (tertiary/aromatic N) is 3. The number of nitrogens with one attached hydrogen (secondary N) is 1. The summed E-state index contributed by atoms with van der Waals surface area (Å²) in [5.74, 6) is -1.57. The Morgan fingerprint density at radius 2 is 2.04 bits per heavy atom. The summed E-state index contributed by atoms with van der Waals surface area (Å²) in [5.41, 5.74) is 0.592. The first-order valence-corrected chi connectivity index (χ1v) is 6.80. The van der Waals surface area contributed by atoms with Crippen molar-refractivity contribution in [1.29, 1.82) is 0 Å². The van der Waals surface area contributed by atoms with E-state index in [-0.39, 0.29) is 12.1 Å². The minimum Gasteiger partial charge on any atom is -0.348 e. The number of carbonyl (C=O) groups is 1. The van der Waals surface area contributed by atoms with Gasteiger partial charge in [-0.15, -0.1) is 0 Å². The molecule has 0 fully saturated rings. The smallest absolute Gasteiger partial charge is 0.254 e. The van der Waals surface area contributed by atoms with Crippen molar-refractivity contribution in [2.45, 2.75) is 6.54 Å². The van der Waals surface area contributed by atoms with Crippen LogP contribution in [-0.4, -0.2) is 20.4 Å². The molecule has 7 heteroatoms. The first-order valence-electron chi connectivity index (χ1n) is 6.80. The van der Waals surface area contributed by atoms with Gasteiger partial charge in [-0.3, -0.25) is 9.36 Å². The Morgan fingerprint density at radius 3 is 2.78 bits per heavy atom. The van der Waals surface area contributed by atoms with E-state index in [4.69, 9.17) is 0 Å². The quantitative estimate of drug-likeness (QED) is 0.805. The zero-order valence-corrected chi connectivity index (χ0v) is 11.9. The molecular formula is C16H12F2N4O. The van der Waals surface area contributed by atoms with Crippen LogP contribution in [0.3, 0.4) is 0 Å². The highest BCUT2D eigenvalue weighted by molar-refractivity contribution is 5.94. The van der Waals surface area contributed by atoms with Crippen molar-refractivity contribution >= 4 is 5.91 Å². The lowest BCUT2D eigenvalue weighted by Gasteiger charge is -2.08. The Kier molecular flexibility index (Phi) is 4.09. The highest BCUT2D eigenvalue weighted by Gasteiger charge is 2.12. The molecule has 2 heterocycles. The molecule has 0 aliphatic carbocycles. The van der Waals surface area contributed by atoms with Crippen molar-refractivity contribution in [2.75, 3.05) is 0 Å². The van der Waals surface area contributed by atoms with E-state index in [2.05, 4.69) is 15.3 Å². The van der Waals surface area contributed by atoms with E-state index in [9.17, 15) is 13.6 Å². The lowest BCUT2D eigenvalue weighted by molar-refractivity contribution is 0.0947. The summed E-state index contributed by atoms with van der Waals surface area (Å²) < 4.78 is 28.1. The first-order chi connectivity index (χ1) is 11.1. The fraction of sp³-hybridized carbons (Fsp3) is 0.0625. The fourth-order valence-electron chi connectivity index (χ4n) is 2.06. The first kappa shape index (κ1) is 14.8. The summed E-state index contributed by atoms with van der Waals surface area (Å²) in [6, 6.07) is 6.36. The number of aromatic nitrogens is 3. The van der Waals surface area contributed by atoms with Crippen LogP contribution in [0.1, 0.15) is 15.9 Å². The number of halogens is 2. The topological polar surface area (TPSA) is 59.8 Å². The van der Waals surface area contributed by atoms with Gasteiger partial charge >= 0.3 is 0 Å². The van der Waals surface area contributed by atoms with Crippen LogP contribution in [0.5, 0.6) is 0 Å². The van der Waals surface area contributed by atoms with Crippen LogP contribution in [0.2, 0.25) is 0 Å². The maximum Gasteiger partial charge on any atom is 0.254 e. The van der Waals surface area contributed by atoms with Crippen LogP contribution >= 0.6 is 0 Å². The van der Waals surface area contributed by atoms with Gasteiger partial charge in [-0.1, -0.05) is 0 Å². The molecule has 0 spiro atoms. The zero-order chi connectivity index (χ0) is 16.2. The number of rotatable bonds is 4. The molecule has 3 aromatic rings. The summed E-state index contributed by atoms with van der Waals surface area (Å²) >= 11 is 0. The molecule has 0 saturated carbocycles. The Balaban J connectivity index is 1.71. The summed E-state index contributed by atoms with van der Waals surface area (Å²) in [6.07, 6.45) is 6.60. The molecule has 1 N–H and O–H groups in total. The van der Waals surface area contributed by atoms with Crippen LogP contribution in [-0.2, 0) is 6.54 Å². The lowest BCUT2D eigenvalue weighted by atomic mass is 10.2. The second-order valence-electron chi connectivity index (χ2n) is 4.80. The van der Waals surface area contributed by atoms with E-state index >= 15 is 0 Å². The number of hydrogen-bond acceptors (Lipinski definition) is 3. The molecule has 5 nitrogen and oxygen atoms in total. The molecule has 0 saturated heterocycles. The Hall–Kier alpha value is -3.09. The van der Waals surface area contributed by atoms with Gasteiger partial charge in [0, 0.05) is 31.2 Å². The van der Waals surface area contributed by atoms with Gasteiger partial charge in [-0.05, 0) is 29.8 Å². The molecule has 0 atom stereocenters. The normalized spacial score (nSPS) is 10.5. The maximum atomic E-state index is 13.6. The van der Waals surface area contributed by atoms with Crippen molar-refractivity contribution in [3.63, 3.8) is 0 Å².